The molecule has 1 aromatic rings. The Bertz CT molecular complexity index is 789. The Morgan fingerprint density at radius 2 is 2.27 bits per heavy atom. The number of likely N-dealkylation sites (N-methyl/N-ethyl adjacent to an activating group) is 1. The highest BCUT2D eigenvalue weighted by Gasteiger charge is 2.30. The second-order valence-electron chi connectivity index (χ2n) is 6.90. The minimum Gasteiger partial charge on any atom is -0.355 e. The molecule has 0 radical (unpaired) electrons. The Balaban J connectivity index is 1.73. The molecule has 0 amide bonds. The van der Waals surface area contributed by atoms with Crippen LogP contribution in [0.25, 0.3) is 0 Å². The van der Waals surface area contributed by atoms with Gasteiger partial charge in [0.15, 0.2) is 5.78 Å². The van der Waals surface area contributed by atoms with E-state index in [9.17, 15) is 4.79 Å². The van der Waals surface area contributed by atoms with Gasteiger partial charge in [-0.05, 0) is 38.8 Å². The summed E-state index contributed by atoms with van der Waals surface area (Å²) in [5.41, 5.74) is 3.21. The number of hydrogen-bond acceptors (Lipinski definition) is 4. The van der Waals surface area contributed by atoms with Gasteiger partial charge in [0.25, 0.3) is 0 Å². The van der Waals surface area contributed by atoms with Crippen LogP contribution in [0.3, 0.4) is 0 Å². The van der Waals surface area contributed by atoms with E-state index in [1.54, 1.807) is 19.3 Å². The second-order valence-corrected chi connectivity index (χ2v) is 6.90. The van der Waals surface area contributed by atoms with Crippen molar-refractivity contribution in [3.05, 3.63) is 60.0 Å². The monoisotopic (exact) mass is 350 g/mol. The van der Waals surface area contributed by atoms with E-state index in [0.29, 0.717) is 11.6 Å². The quantitative estimate of drug-likeness (QED) is 0.462. The lowest BCUT2D eigenvalue weighted by atomic mass is 10.1. The van der Waals surface area contributed by atoms with Crippen molar-refractivity contribution < 1.29 is 4.79 Å². The molecular formula is C21H26N4O. The van der Waals surface area contributed by atoms with Gasteiger partial charge < -0.3 is 9.80 Å². The van der Waals surface area contributed by atoms with Crippen molar-refractivity contribution in [1.82, 2.24) is 9.88 Å². The number of anilines is 1. The lowest BCUT2D eigenvalue weighted by Crippen LogP contribution is -2.37. The summed E-state index contributed by atoms with van der Waals surface area (Å²) in [6.45, 7) is 9.35. The van der Waals surface area contributed by atoms with Crippen molar-refractivity contribution in [3.8, 4) is 0 Å². The topological polar surface area (TPSA) is 48.8 Å². The van der Waals surface area contributed by atoms with E-state index in [2.05, 4.69) is 52.5 Å². The highest BCUT2D eigenvalue weighted by molar-refractivity contribution is 6.02. The third-order valence-corrected chi connectivity index (χ3v) is 5.15. The normalized spacial score (nSPS) is 20.0. The average molecular weight is 350 g/mol. The first kappa shape index (κ1) is 18.1. The van der Waals surface area contributed by atoms with Crippen molar-refractivity contribution in [3.63, 3.8) is 0 Å². The number of nitrogens with zero attached hydrogens (tertiary/aromatic N) is 4. The summed E-state index contributed by atoms with van der Waals surface area (Å²) in [5, 5.41) is 0. The molecule has 1 unspecified atom stereocenters. The van der Waals surface area contributed by atoms with Crippen LogP contribution in [0.15, 0.2) is 59.4 Å². The zero-order valence-corrected chi connectivity index (χ0v) is 15.8. The van der Waals surface area contributed by atoms with Crippen molar-refractivity contribution in [2.75, 3.05) is 25.0 Å². The van der Waals surface area contributed by atoms with Crippen LogP contribution in [-0.4, -0.2) is 47.7 Å². The van der Waals surface area contributed by atoms with Crippen LogP contribution < -0.4 is 4.90 Å². The average Bonchev–Trinajstić information content (AvgIpc) is 3.28. The van der Waals surface area contributed by atoms with Gasteiger partial charge >= 0.3 is 0 Å². The maximum atomic E-state index is 11.4. The number of allylic oxidation sites excluding steroid dienone is 2. The first-order chi connectivity index (χ1) is 12.5. The highest BCUT2D eigenvalue weighted by Crippen LogP contribution is 2.26. The van der Waals surface area contributed by atoms with Crippen LogP contribution in [0.2, 0.25) is 0 Å². The standard InChI is InChI=1S/C21H26N4O/c1-5-22-21(19-8-6-7-15(19)2)25-12-11-18(14-25)24(4)20-10-9-17(13-23-20)16(3)26/h5-6,8-10,13,18H,1,7,11-12,14H2,2-4H3. The molecule has 1 saturated heterocycles. The van der Waals surface area contributed by atoms with Gasteiger partial charge in [-0.2, -0.15) is 0 Å². The van der Waals surface area contributed by atoms with E-state index in [-0.39, 0.29) is 5.78 Å². The van der Waals surface area contributed by atoms with Gasteiger partial charge in [0.2, 0.25) is 0 Å². The largest absolute Gasteiger partial charge is 0.355 e. The van der Waals surface area contributed by atoms with Gasteiger partial charge in [0.1, 0.15) is 11.7 Å². The Hall–Kier alpha value is -2.69. The predicted octanol–water partition coefficient (Wildman–Crippen LogP) is 3.61. The van der Waals surface area contributed by atoms with Gasteiger partial charge in [-0.15, -0.1) is 0 Å². The molecule has 5 heteroatoms. The van der Waals surface area contributed by atoms with Gasteiger partial charge in [-0.3, -0.25) is 4.79 Å². The molecule has 0 bridgehead atoms. The molecule has 1 aromatic heterocycles. The number of pyridine rings is 1. The zero-order valence-electron chi connectivity index (χ0n) is 15.8. The predicted molar refractivity (Wildman–Crippen MR) is 107 cm³/mol. The minimum absolute atomic E-state index is 0.0392. The number of aliphatic imine (C=N–C) groups is 1. The van der Waals surface area contributed by atoms with E-state index < -0.39 is 0 Å². The van der Waals surface area contributed by atoms with Crippen LogP contribution in [0, 0.1) is 0 Å². The maximum Gasteiger partial charge on any atom is 0.161 e. The van der Waals surface area contributed by atoms with Crippen molar-refractivity contribution in [2.24, 2.45) is 4.99 Å². The minimum atomic E-state index is 0.0392. The lowest BCUT2D eigenvalue weighted by molar-refractivity contribution is 0.101. The smallest absolute Gasteiger partial charge is 0.161 e. The molecular weight excluding hydrogens is 324 g/mol. The summed E-state index contributed by atoms with van der Waals surface area (Å²) < 4.78 is 0. The number of hydrogen-bond donors (Lipinski definition) is 0. The zero-order chi connectivity index (χ0) is 18.7. The van der Waals surface area contributed by atoms with Gasteiger partial charge in [-0.1, -0.05) is 24.3 Å². The molecule has 1 atom stereocenters. The second kappa shape index (κ2) is 7.68. The number of Topliss-reactive ketones (excluding diaryl/α,β-unsaturated/α-hetero) is 1. The first-order valence-electron chi connectivity index (χ1n) is 9.01. The fourth-order valence-electron chi connectivity index (χ4n) is 3.52. The maximum absolute atomic E-state index is 11.4. The summed E-state index contributed by atoms with van der Waals surface area (Å²) in [7, 11) is 2.06. The Labute approximate surface area is 155 Å². The van der Waals surface area contributed by atoms with Crippen molar-refractivity contribution in [1.29, 1.82) is 0 Å². The summed E-state index contributed by atoms with van der Waals surface area (Å²) >= 11 is 0. The van der Waals surface area contributed by atoms with Gasteiger partial charge in [0.05, 0.1) is 0 Å². The van der Waals surface area contributed by atoms with E-state index in [1.165, 1.54) is 11.1 Å². The van der Waals surface area contributed by atoms with Crippen LogP contribution in [0.4, 0.5) is 5.82 Å². The van der Waals surface area contributed by atoms with Crippen LogP contribution >= 0.6 is 0 Å². The lowest BCUT2D eigenvalue weighted by Gasteiger charge is -2.27. The van der Waals surface area contributed by atoms with Gasteiger partial charge in [-0.25, -0.2) is 9.98 Å². The van der Waals surface area contributed by atoms with E-state index in [1.807, 2.05) is 12.1 Å². The molecule has 0 aromatic carbocycles. The Morgan fingerprint density at radius 1 is 1.46 bits per heavy atom. The first-order valence-corrected chi connectivity index (χ1v) is 9.01. The van der Waals surface area contributed by atoms with Crippen LogP contribution in [0.5, 0.6) is 0 Å². The number of likely N-dealkylation sites (tertiary alicyclic amines) is 1. The highest BCUT2D eigenvalue weighted by atomic mass is 16.1. The van der Waals surface area contributed by atoms with Crippen LogP contribution in [-0.2, 0) is 0 Å². The number of aromatic nitrogens is 1. The number of rotatable bonds is 5. The molecule has 136 valence electrons. The van der Waals surface area contributed by atoms with Crippen molar-refractivity contribution >= 4 is 17.4 Å². The number of ketones is 1. The summed E-state index contributed by atoms with van der Waals surface area (Å²) in [6, 6.07) is 4.12. The summed E-state index contributed by atoms with van der Waals surface area (Å²) in [5.74, 6) is 1.94. The molecule has 26 heavy (non-hydrogen) atoms. The van der Waals surface area contributed by atoms with Crippen LogP contribution in [0.1, 0.15) is 37.0 Å². The SMILES string of the molecule is C=CN=C(C1=C(C)CC=C1)N1CCC(N(C)c2ccc(C(C)=O)cn2)C1. The Morgan fingerprint density at radius 3 is 2.85 bits per heavy atom. The molecule has 3 rings (SSSR count). The molecule has 2 heterocycles. The number of carbonyl (C=O) groups is 1. The fourth-order valence-corrected chi connectivity index (χ4v) is 3.52. The van der Waals surface area contributed by atoms with E-state index >= 15 is 0 Å². The Kier molecular flexibility index (Phi) is 5.35. The molecule has 0 N–H and O–H groups in total. The van der Waals surface area contributed by atoms with E-state index in [0.717, 1.165) is 37.6 Å². The van der Waals surface area contributed by atoms with E-state index in [4.69, 9.17) is 0 Å². The fraction of sp³-hybridized carbons (Fsp3) is 0.381. The van der Waals surface area contributed by atoms with Gasteiger partial charge in [0, 0.05) is 49.7 Å². The molecule has 1 fully saturated rings. The third kappa shape index (κ3) is 3.62. The number of amidine groups is 1. The number of carbonyl (C=O) groups excluding carboxylic acids is 1. The molecule has 0 saturated carbocycles. The molecule has 5 nitrogen and oxygen atoms in total. The van der Waals surface area contributed by atoms with Crippen molar-refractivity contribution in [2.45, 2.75) is 32.7 Å². The molecule has 1 aliphatic heterocycles. The molecule has 1 aliphatic carbocycles. The molecule has 2 aliphatic rings. The third-order valence-electron chi connectivity index (χ3n) is 5.15. The summed E-state index contributed by atoms with van der Waals surface area (Å²) in [4.78, 5) is 25.0. The summed E-state index contributed by atoms with van der Waals surface area (Å²) in [6.07, 6.45) is 9.66. The molecule has 0 spiro atoms.